The second kappa shape index (κ2) is 10.5. The van der Waals surface area contributed by atoms with Gasteiger partial charge in [-0.05, 0) is 10.5 Å². The first-order chi connectivity index (χ1) is 17.4. The van der Waals surface area contributed by atoms with Gasteiger partial charge < -0.3 is 14.4 Å². The fraction of sp³-hybridized carbons (Fsp3) is 0.333. The van der Waals surface area contributed by atoms with E-state index in [0.29, 0.717) is 5.75 Å². The van der Waals surface area contributed by atoms with Gasteiger partial charge in [0.25, 0.3) is 0 Å². The predicted octanol–water partition coefficient (Wildman–Crippen LogP) is 3.94. The minimum atomic E-state index is -4.01. The van der Waals surface area contributed by atoms with Gasteiger partial charge in [0.2, 0.25) is 5.91 Å². The van der Waals surface area contributed by atoms with Gasteiger partial charge >= 0.3 is 13.9 Å². The highest BCUT2D eigenvalue weighted by Gasteiger charge is 2.44. The lowest BCUT2D eigenvalue weighted by Crippen LogP contribution is -2.57. The standard InChI is InChI=1S/C24H24BrN2O8P/c25-10-9-16-12-27(24(30)26-23(16)29)21-11-19(28)20(34-21)14-33-36(31)32-13-17-7-4-8-18(22(17)35-36)15-5-2-1-3-6-15/h1-10,16,19-21,28H,11-14H2,(H,26,29,30)/b10-9+. The number of aliphatic hydroxyl groups is 1. The summed E-state index contributed by atoms with van der Waals surface area (Å²) in [7, 11) is -4.01. The molecular formula is C24H24BrN2O8P. The van der Waals surface area contributed by atoms with Gasteiger partial charge in [0.05, 0.1) is 25.2 Å². The topological polar surface area (TPSA) is 124 Å². The van der Waals surface area contributed by atoms with Crippen LogP contribution >= 0.6 is 23.8 Å². The first-order valence-electron chi connectivity index (χ1n) is 11.3. The van der Waals surface area contributed by atoms with Crippen molar-refractivity contribution in [1.82, 2.24) is 10.2 Å². The van der Waals surface area contributed by atoms with Gasteiger partial charge in [-0.1, -0.05) is 70.5 Å². The molecule has 5 rings (SSSR count). The van der Waals surface area contributed by atoms with Gasteiger partial charge in [-0.2, -0.15) is 0 Å². The number of carbonyl (C=O) groups is 2. The summed E-state index contributed by atoms with van der Waals surface area (Å²) in [5.41, 5.74) is 2.39. The number of carbonyl (C=O) groups excluding carboxylic acids is 2. The number of halogens is 1. The van der Waals surface area contributed by atoms with Gasteiger partial charge in [0.15, 0.2) is 0 Å². The summed E-state index contributed by atoms with van der Waals surface area (Å²) in [5, 5.41) is 12.8. The number of nitrogens with zero attached hydrogens (tertiary/aromatic N) is 1. The second-order valence-corrected chi connectivity index (χ2v) is 10.7. The zero-order chi connectivity index (χ0) is 25.3. The molecule has 0 radical (unpaired) electrons. The molecule has 10 nitrogen and oxygen atoms in total. The number of phosphoric ester groups is 1. The highest BCUT2D eigenvalue weighted by atomic mass is 79.9. The molecule has 0 aliphatic carbocycles. The zero-order valence-electron chi connectivity index (χ0n) is 19.0. The molecule has 0 saturated carbocycles. The number of aliphatic hydroxyl groups excluding tert-OH is 1. The highest BCUT2D eigenvalue weighted by Crippen LogP contribution is 2.56. The van der Waals surface area contributed by atoms with Crippen LogP contribution in [0.25, 0.3) is 11.1 Å². The summed E-state index contributed by atoms with van der Waals surface area (Å²) in [5.74, 6) is -0.549. The van der Waals surface area contributed by atoms with E-state index in [1.165, 1.54) is 4.90 Å². The fourth-order valence-corrected chi connectivity index (χ4v) is 5.97. The average molecular weight is 579 g/mol. The molecule has 2 aromatic carbocycles. The molecule has 3 aliphatic heterocycles. The smallest absolute Gasteiger partial charge is 0.403 e. The Hall–Kier alpha value is -2.53. The van der Waals surface area contributed by atoms with Crippen molar-refractivity contribution in [3.63, 3.8) is 0 Å². The van der Waals surface area contributed by atoms with E-state index in [-0.39, 0.29) is 26.2 Å². The molecule has 3 amide bonds. The SMILES string of the molecule is O=C1NC(=O)N(C2CC(O)C(COP3(=O)OCc4cccc(-c5ccccc5)c4O3)O2)CC1/C=C/Br. The number of benzene rings is 2. The molecule has 5 unspecified atom stereocenters. The Balaban J connectivity index is 1.25. The summed E-state index contributed by atoms with van der Waals surface area (Å²) in [6.45, 7) is -0.146. The normalized spacial score (nSPS) is 30.2. The molecule has 2 fully saturated rings. The number of imide groups is 1. The van der Waals surface area contributed by atoms with Crippen molar-refractivity contribution in [2.45, 2.75) is 31.5 Å². The predicted molar refractivity (Wildman–Crippen MR) is 132 cm³/mol. The first kappa shape index (κ1) is 25.1. The van der Waals surface area contributed by atoms with Gasteiger partial charge in [0, 0.05) is 24.1 Å². The van der Waals surface area contributed by atoms with E-state index in [1.54, 1.807) is 11.1 Å². The van der Waals surface area contributed by atoms with Gasteiger partial charge in [-0.25, -0.2) is 9.36 Å². The lowest BCUT2D eigenvalue weighted by molar-refractivity contribution is -0.127. The van der Waals surface area contributed by atoms with E-state index in [4.69, 9.17) is 18.3 Å². The van der Waals surface area contributed by atoms with Crippen LogP contribution < -0.4 is 9.84 Å². The molecular weight excluding hydrogens is 555 g/mol. The van der Waals surface area contributed by atoms with Crippen molar-refractivity contribution in [2.75, 3.05) is 13.2 Å². The van der Waals surface area contributed by atoms with Crippen LogP contribution in [0.15, 0.2) is 59.6 Å². The van der Waals surface area contributed by atoms with Crippen molar-refractivity contribution < 1.29 is 37.6 Å². The lowest BCUT2D eigenvalue weighted by atomic mass is 10.0. The zero-order valence-corrected chi connectivity index (χ0v) is 21.5. The molecule has 0 spiro atoms. The van der Waals surface area contributed by atoms with Crippen LogP contribution in [0.3, 0.4) is 0 Å². The van der Waals surface area contributed by atoms with Crippen molar-refractivity contribution >= 4 is 35.7 Å². The summed E-state index contributed by atoms with van der Waals surface area (Å²) in [6.07, 6.45) is -0.935. The summed E-state index contributed by atoms with van der Waals surface area (Å²) in [6, 6.07) is 14.5. The van der Waals surface area contributed by atoms with Crippen LogP contribution in [0.2, 0.25) is 0 Å². The third kappa shape index (κ3) is 5.13. The van der Waals surface area contributed by atoms with E-state index in [9.17, 15) is 19.3 Å². The minimum Gasteiger partial charge on any atom is -0.403 e. The number of nitrogens with one attached hydrogen (secondary N) is 1. The maximum Gasteiger partial charge on any atom is 0.530 e. The van der Waals surface area contributed by atoms with Crippen molar-refractivity contribution in [2.24, 2.45) is 5.92 Å². The maximum atomic E-state index is 13.3. The Bertz CT molecular complexity index is 1230. The maximum absolute atomic E-state index is 13.3. The van der Waals surface area contributed by atoms with E-state index in [0.717, 1.165) is 16.7 Å². The van der Waals surface area contributed by atoms with Crippen LogP contribution in [-0.2, 0) is 29.8 Å². The molecule has 2 N–H and O–H groups in total. The molecule has 5 atom stereocenters. The van der Waals surface area contributed by atoms with Crippen LogP contribution in [-0.4, -0.2) is 53.5 Å². The summed E-state index contributed by atoms with van der Waals surface area (Å²) >= 11 is 3.14. The van der Waals surface area contributed by atoms with Gasteiger partial charge in [-0.3, -0.25) is 24.1 Å². The van der Waals surface area contributed by atoms with Crippen molar-refractivity contribution in [3.05, 3.63) is 65.2 Å². The number of rotatable bonds is 6. The minimum absolute atomic E-state index is 0.0362. The molecule has 190 valence electrons. The third-order valence-corrected chi connectivity index (χ3v) is 7.86. The number of fused-ring (bicyclic) bond motifs is 1. The Morgan fingerprint density at radius 1 is 1.19 bits per heavy atom. The average Bonchev–Trinajstić information content (AvgIpc) is 3.25. The molecule has 0 aromatic heterocycles. The van der Waals surface area contributed by atoms with Crippen molar-refractivity contribution in [1.29, 1.82) is 0 Å². The summed E-state index contributed by atoms with van der Waals surface area (Å²) in [4.78, 5) is 27.3. The Labute approximate surface area is 215 Å². The van der Waals surface area contributed by atoms with Gasteiger partial charge in [0.1, 0.15) is 18.1 Å². The van der Waals surface area contributed by atoms with Crippen LogP contribution in [0, 0.1) is 5.92 Å². The van der Waals surface area contributed by atoms with Crippen LogP contribution in [0.4, 0.5) is 4.79 Å². The Morgan fingerprint density at radius 3 is 2.78 bits per heavy atom. The Morgan fingerprint density at radius 2 is 2.00 bits per heavy atom. The largest absolute Gasteiger partial charge is 0.530 e. The molecule has 3 aliphatic rings. The number of hydrogen-bond donors (Lipinski definition) is 2. The van der Waals surface area contributed by atoms with E-state index in [1.807, 2.05) is 48.5 Å². The molecule has 2 aromatic rings. The first-order valence-corrected chi connectivity index (χ1v) is 13.7. The molecule has 3 heterocycles. The van der Waals surface area contributed by atoms with Gasteiger partial charge in [-0.15, -0.1) is 0 Å². The fourth-order valence-electron chi connectivity index (χ4n) is 4.36. The third-order valence-electron chi connectivity index (χ3n) is 6.24. The Kier molecular flexibility index (Phi) is 7.30. The second-order valence-electron chi connectivity index (χ2n) is 8.57. The number of para-hydroxylation sites is 1. The molecule has 0 bridgehead atoms. The quantitative estimate of drug-likeness (QED) is 0.494. The van der Waals surface area contributed by atoms with Crippen LogP contribution in [0.1, 0.15) is 12.0 Å². The van der Waals surface area contributed by atoms with Crippen molar-refractivity contribution in [3.8, 4) is 16.9 Å². The monoisotopic (exact) mass is 578 g/mol. The molecule has 2 saturated heterocycles. The number of urea groups is 1. The van der Waals surface area contributed by atoms with Crippen LogP contribution in [0.5, 0.6) is 5.75 Å². The molecule has 12 heteroatoms. The summed E-state index contributed by atoms with van der Waals surface area (Å²) < 4.78 is 35.9. The highest BCUT2D eigenvalue weighted by molar-refractivity contribution is 9.11. The molecule has 36 heavy (non-hydrogen) atoms. The lowest BCUT2D eigenvalue weighted by Gasteiger charge is -2.34. The number of hydrogen-bond acceptors (Lipinski definition) is 8. The number of phosphoric acid groups is 1. The van der Waals surface area contributed by atoms with E-state index in [2.05, 4.69) is 21.2 Å². The number of amides is 3. The van der Waals surface area contributed by atoms with E-state index < -0.39 is 44.1 Å². The number of ether oxygens (including phenoxy) is 1. The van der Waals surface area contributed by atoms with E-state index >= 15 is 0 Å².